The summed E-state index contributed by atoms with van der Waals surface area (Å²) in [6, 6.07) is 6.90. The minimum atomic E-state index is -0.386. The number of fused-ring (bicyclic) bond motifs is 1. The normalized spacial score (nSPS) is 12.8. The van der Waals surface area contributed by atoms with Crippen molar-refractivity contribution in [1.82, 2.24) is 5.32 Å². The quantitative estimate of drug-likeness (QED) is 0.500. The number of thiocarbonyl (C=S) groups is 1. The van der Waals surface area contributed by atoms with Crippen LogP contribution in [-0.2, 0) is 17.6 Å². The Hall–Kier alpha value is -2.45. The molecule has 0 atom stereocenters. The molecule has 1 heterocycles. The van der Waals surface area contributed by atoms with Gasteiger partial charge in [-0.2, -0.15) is 0 Å². The molecular formula is C22H26N2O4S2. The Balaban J connectivity index is 1.66. The summed E-state index contributed by atoms with van der Waals surface area (Å²) < 4.78 is 10.6. The average molecular weight is 447 g/mol. The number of carbonyl (C=O) groups is 2. The molecule has 0 bridgehead atoms. The molecule has 0 spiro atoms. The molecule has 3 rings (SSSR count). The van der Waals surface area contributed by atoms with Crippen LogP contribution in [0.25, 0.3) is 0 Å². The van der Waals surface area contributed by atoms with Gasteiger partial charge in [-0.05, 0) is 73.6 Å². The Morgan fingerprint density at radius 1 is 1.17 bits per heavy atom. The fraction of sp³-hybridized carbons (Fsp3) is 0.409. The van der Waals surface area contributed by atoms with E-state index in [0.717, 1.165) is 31.2 Å². The number of nitrogens with one attached hydrogen (secondary N) is 2. The Bertz CT molecular complexity index is 935. The molecule has 1 amide bonds. The van der Waals surface area contributed by atoms with Gasteiger partial charge < -0.3 is 14.8 Å². The van der Waals surface area contributed by atoms with E-state index in [4.69, 9.17) is 21.7 Å². The number of benzene rings is 1. The Morgan fingerprint density at radius 2 is 1.87 bits per heavy atom. The van der Waals surface area contributed by atoms with Gasteiger partial charge in [0.2, 0.25) is 0 Å². The minimum Gasteiger partial charge on any atom is -0.493 e. The molecule has 0 unspecified atom stereocenters. The lowest BCUT2D eigenvalue weighted by atomic mass is 9.95. The second kappa shape index (κ2) is 10.0. The van der Waals surface area contributed by atoms with E-state index >= 15 is 0 Å². The molecule has 30 heavy (non-hydrogen) atoms. The molecule has 1 aromatic carbocycles. The van der Waals surface area contributed by atoms with E-state index in [9.17, 15) is 9.59 Å². The Labute approximate surface area is 186 Å². The second-order valence-corrected chi connectivity index (χ2v) is 9.06. The predicted octanol–water partition coefficient (Wildman–Crippen LogP) is 4.58. The fourth-order valence-electron chi connectivity index (χ4n) is 3.25. The second-order valence-electron chi connectivity index (χ2n) is 7.54. The molecule has 160 valence electrons. The Morgan fingerprint density at radius 3 is 2.53 bits per heavy atom. The van der Waals surface area contributed by atoms with Crippen molar-refractivity contribution in [2.45, 2.75) is 39.5 Å². The highest BCUT2D eigenvalue weighted by Crippen LogP contribution is 2.38. The molecule has 1 aliphatic carbocycles. The van der Waals surface area contributed by atoms with Crippen molar-refractivity contribution in [3.63, 3.8) is 0 Å². The fourth-order valence-corrected chi connectivity index (χ4v) is 4.79. The van der Waals surface area contributed by atoms with E-state index in [2.05, 4.69) is 24.5 Å². The number of esters is 1. The van der Waals surface area contributed by atoms with Crippen LogP contribution >= 0.6 is 23.6 Å². The number of amides is 1. The van der Waals surface area contributed by atoms with E-state index in [1.807, 2.05) is 0 Å². The highest BCUT2D eigenvalue weighted by Gasteiger charge is 2.26. The molecular weight excluding hydrogens is 420 g/mol. The van der Waals surface area contributed by atoms with Gasteiger partial charge in [-0.3, -0.25) is 10.1 Å². The van der Waals surface area contributed by atoms with Gasteiger partial charge in [0.1, 0.15) is 10.8 Å². The van der Waals surface area contributed by atoms with E-state index < -0.39 is 0 Å². The van der Waals surface area contributed by atoms with E-state index in [-0.39, 0.29) is 17.0 Å². The molecule has 0 saturated carbocycles. The lowest BCUT2D eigenvalue weighted by Crippen LogP contribution is -2.34. The van der Waals surface area contributed by atoms with Gasteiger partial charge in [-0.25, -0.2) is 4.79 Å². The summed E-state index contributed by atoms with van der Waals surface area (Å²) in [5, 5.41) is 6.46. The van der Waals surface area contributed by atoms with Crippen LogP contribution in [0.3, 0.4) is 0 Å². The number of hydrogen-bond acceptors (Lipinski definition) is 6. The van der Waals surface area contributed by atoms with Crippen LogP contribution in [0.15, 0.2) is 24.3 Å². The summed E-state index contributed by atoms with van der Waals surface area (Å²) in [5.74, 6) is 0.425. The highest BCUT2D eigenvalue weighted by molar-refractivity contribution is 7.80. The number of hydrogen-bond donors (Lipinski definition) is 2. The molecule has 8 heteroatoms. The maximum absolute atomic E-state index is 12.5. The van der Waals surface area contributed by atoms with Crippen LogP contribution in [0.5, 0.6) is 5.75 Å². The van der Waals surface area contributed by atoms with Crippen molar-refractivity contribution < 1.29 is 19.1 Å². The van der Waals surface area contributed by atoms with E-state index in [1.54, 1.807) is 24.3 Å². The van der Waals surface area contributed by atoms with Crippen molar-refractivity contribution in [3.8, 4) is 5.75 Å². The van der Waals surface area contributed by atoms with Gasteiger partial charge in [-0.15, -0.1) is 11.3 Å². The third kappa shape index (κ3) is 5.37. The minimum absolute atomic E-state index is 0.142. The maximum Gasteiger partial charge on any atom is 0.341 e. The molecule has 1 aliphatic rings. The number of ether oxygens (including phenoxy) is 2. The zero-order valence-electron chi connectivity index (χ0n) is 17.4. The van der Waals surface area contributed by atoms with Crippen LogP contribution < -0.4 is 15.4 Å². The van der Waals surface area contributed by atoms with Crippen molar-refractivity contribution in [3.05, 3.63) is 45.8 Å². The molecule has 2 N–H and O–H groups in total. The van der Waals surface area contributed by atoms with Crippen molar-refractivity contribution in [1.29, 1.82) is 0 Å². The summed E-state index contributed by atoms with van der Waals surface area (Å²) >= 11 is 6.82. The lowest BCUT2D eigenvalue weighted by molar-refractivity contribution is 0.0601. The monoisotopic (exact) mass is 446 g/mol. The number of rotatable bonds is 6. The first kappa shape index (κ1) is 22.2. The number of methoxy groups -OCH3 is 1. The number of anilines is 1. The summed E-state index contributed by atoms with van der Waals surface area (Å²) in [5.41, 5.74) is 2.03. The van der Waals surface area contributed by atoms with Crippen molar-refractivity contribution in [2.75, 3.05) is 19.0 Å². The Kier molecular flexibility index (Phi) is 7.44. The topological polar surface area (TPSA) is 76.7 Å². The first-order valence-corrected chi connectivity index (χ1v) is 11.2. The first-order chi connectivity index (χ1) is 14.4. The van der Waals surface area contributed by atoms with Crippen molar-refractivity contribution >= 4 is 45.5 Å². The molecule has 6 nitrogen and oxygen atoms in total. The molecule has 2 aromatic rings. The molecule has 0 radical (unpaired) electrons. The van der Waals surface area contributed by atoms with Crippen LogP contribution in [0.4, 0.5) is 5.00 Å². The first-order valence-electron chi connectivity index (χ1n) is 9.97. The molecule has 1 aromatic heterocycles. The largest absolute Gasteiger partial charge is 0.493 e. The maximum atomic E-state index is 12.5. The van der Waals surface area contributed by atoms with E-state index in [1.165, 1.54) is 23.3 Å². The van der Waals surface area contributed by atoms with Gasteiger partial charge in [0.15, 0.2) is 5.11 Å². The number of carbonyl (C=O) groups excluding carboxylic acids is 2. The third-order valence-corrected chi connectivity index (χ3v) is 6.13. The predicted molar refractivity (Wildman–Crippen MR) is 123 cm³/mol. The third-order valence-electron chi connectivity index (χ3n) is 4.71. The molecule has 0 aliphatic heterocycles. The number of thiophene rings is 1. The zero-order chi connectivity index (χ0) is 21.7. The number of aryl methyl sites for hydroxylation is 1. The van der Waals surface area contributed by atoms with Gasteiger partial charge in [0, 0.05) is 10.4 Å². The van der Waals surface area contributed by atoms with Crippen LogP contribution in [0, 0.1) is 5.92 Å². The van der Waals surface area contributed by atoms with Crippen molar-refractivity contribution in [2.24, 2.45) is 5.92 Å². The molecule has 0 saturated heterocycles. The summed E-state index contributed by atoms with van der Waals surface area (Å²) in [6.07, 6.45) is 3.94. The summed E-state index contributed by atoms with van der Waals surface area (Å²) in [6.45, 7) is 4.77. The van der Waals surface area contributed by atoms with Crippen LogP contribution in [-0.4, -0.2) is 30.7 Å². The van der Waals surface area contributed by atoms with Gasteiger partial charge >= 0.3 is 5.97 Å². The van der Waals surface area contributed by atoms with Gasteiger partial charge in [0.25, 0.3) is 5.91 Å². The zero-order valence-corrected chi connectivity index (χ0v) is 19.0. The van der Waals surface area contributed by atoms with Crippen LogP contribution in [0.2, 0.25) is 0 Å². The summed E-state index contributed by atoms with van der Waals surface area (Å²) in [4.78, 5) is 26.0. The SMILES string of the molecule is COC(=O)c1c(NC(=S)NC(=O)c2ccc(OCC(C)C)cc2)sc2c1CCCC2. The van der Waals surface area contributed by atoms with Crippen LogP contribution in [0.1, 0.15) is 57.8 Å². The lowest BCUT2D eigenvalue weighted by Gasteiger charge is -2.12. The molecule has 0 fully saturated rings. The summed E-state index contributed by atoms with van der Waals surface area (Å²) in [7, 11) is 1.37. The smallest absolute Gasteiger partial charge is 0.341 e. The van der Waals surface area contributed by atoms with Gasteiger partial charge in [-0.1, -0.05) is 13.8 Å². The van der Waals surface area contributed by atoms with E-state index in [0.29, 0.717) is 34.4 Å². The average Bonchev–Trinajstić information content (AvgIpc) is 3.09. The standard InChI is InChI=1S/C22H26N2O4S2/c1-13(2)12-28-15-10-8-14(9-11-15)19(25)23-22(29)24-20-18(21(26)27-3)16-6-4-5-7-17(16)30-20/h8-11,13H,4-7,12H2,1-3H3,(H2,23,24,25,29). The highest BCUT2D eigenvalue weighted by atomic mass is 32.1. The van der Waals surface area contributed by atoms with Gasteiger partial charge in [0.05, 0.1) is 19.3 Å².